The first-order valence-corrected chi connectivity index (χ1v) is 9.78. The number of aliphatic hydroxyl groups is 4. The quantitative estimate of drug-likeness (QED) is 0.255. The number of ether oxygens (including phenoxy) is 1. The van der Waals surface area contributed by atoms with Crippen molar-refractivity contribution in [2.75, 3.05) is 13.2 Å². The minimum absolute atomic E-state index is 0.0112. The highest BCUT2D eigenvalue weighted by Crippen LogP contribution is 2.46. The molecular weight excluding hydrogens is 343 g/mol. The highest BCUT2D eigenvalue weighted by molar-refractivity contribution is 7.47. The zero-order chi connectivity index (χ0) is 18.2. The third-order valence-corrected chi connectivity index (χ3v) is 4.82. The van der Waals surface area contributed by atoms with Crippen LogP contribution in [0.1, 0.15) is 45.4 Å². The van der Waals surface area contributed by atoms with Crippen molar-refractivity contribution in [2.45, 2.75) is 76.2 Å². The molecule has 1 aliphatic heterocycles. The van der Waals surface area contributed by atoms with Crippen LogP contribution in [0.4, 0.5) is 0 Å². The molecule has 24 heavy (non-hydrogen) atoms. The molecule has 1 rings (SSSR count). The van der Waals surface area contributed by atoms with E-state index in [1.807, 2.05) is 0 Å². The van der Waals surface area contributed by atoms with Crippen LogP contribution in [0, 0.1) is 0 Å². The van der Waals surface area contributed by atoms with Crippen LogP contribution in [0.15, 0.2) is 0 Å². The maximum absolute atomic E-state index is 11.9. The van der Waals surface area contributed by atoms with Gasteiger partial charge in [-0.25, -0.2) is 4.57 Å². The second-order valence-corrected chi connectivity index (χ2v) is 7.28. The minimum Gasteiger partial charge on any atom is -0.394 e. The first kappa shape index (κ1) is 22.0. The molecule has 0 aromatic rings. The van der Waals surface area contributed by atoms with Gasteiger partial charge in [-0.15, -0.1) is 0 Å². The molecule has 0 saturated carbocycles. The molecule has 0 spiro atoms. The number of phosphoric ester groups is 1. The smallest absolute Gasteiger partial charge is 0.394 e. The van der Waals surface area contributed by atoms with Crippen molar-refractivity contribution in [3.05, 3.63) is 0 Å². The fourth-order valence-corrected chi connectivity index (χ4v) is 3.24. The lowest BCUT2D eigenvalue weighted by molar-refractivity contribution is -0.281. The predicted molar refractivity (Wildman–Crippen MR) is 84.0 cm³/mol. The molecule has 1 fully saturated rings. The monoisotopic (exact) mass is 372 g/mol. The third kappa shape index (κ3) is 7.03. The Morgan fingerprint density at radius 1 is 1.00 bits per heavy atom. The summed E-state index contributed by atoms with van der Waals surface area (Å²) in [6.45, 7) is 1.47. The van der Waals surface area contributed by atoms with Crippen LogP contribution in [-0.4, -0.2) is 69.2 Å². The molecule has 2 unspecified atom stereocenters. The summed E-state index contributed by atoms with van der Waals surface area (Å²) in [5.74, 6) is 0. The highest BCUT2D eigenvalue weighted by atomic mass is 31.2. The lowest BCUT2D eigenvalue weighted by Gasteiger charge is -2.39. The number of rotatable bonds is 11. The third-order valence-electron chi connectivity index (χ3n) is 3.84. The molecule has 5 N–H and O–H groups in total. The first-order chi connectivity index (χ1) is 11.3. The van der Waals surface area contributed by atoms with Gasteiger partial charge in [0.1, 0.15) is 24.4 Å². The average Bonchev–Trinajstić information content (AvgIpc) is 2.54. The summed E-state index contributed by atoms with van der Waals surface area (Å²) in [6, 6.07) is 0. The van der Waals surface area contributed by atoms with Crippen LogP contribution >= 0.6 is 7.82 Å². The van der Waals surface area contributed by atoms with E-state index in [0.29, 0.717) is 6.42 Å². The SMILES string of the molecule is CCCCCCCCOP(=O)(O)OC1O[C@H](CO)[C@@H](O)[C@H](O)[C@H]1O. The summed E-state index contributed by atoms with van der Waals surface area (Å²) in [7, 11) is -4.50. The Morgan fingerprint density at radius 3 is 2.25 bits per heavy atom. The summed E-state index contributed by atoms with van der Waals surface area (Å²) in [5.41, 5.74) is 0. The van der Waals surface area contributed by atoms with Crippen molar-refractivity contribution in [2.24, 2.45) is 0 Å². The normalized spacial score (nSPS) is 33.3. The minimum atomic E-state index is -4.50. The van der Waals surface area contributed by atoms with E-state index < -0.39 is 45.1 Å². The van der Waals surface area contributed by atoms with Crippen molar-refractivity contribution in [1.82, 2.24) is 0 Å². The van der Waals surface area contributed by atoms with Crippen molar-refractivity contribution in [3.63, 3.8) is 0 Å². The Morgan fingerprint density at radius 2 is 1.62 bits per heavy atom. The second kappa shape index (κ2) is 10.8. The van der Waals surface area contributed by atoms with Crippen molar-refractivity contribution < 1.29 is 43.7 Å². The van der Waals surface area contributed by atoms with E-state index in [2.05, 4.69) is 6.92 Å². The molecule has 1 saturated heterocycles. The van der Waals surface area contributed by atoms with Crippen LogP contribution in [0.5, 0.6) is 0 Å². The molecule has 1 aliphatic rings. The molecule has 10 heteroatoms. The molecule has 0 aliphatic carbocycles. The molecule has 0 radical (unpaired) electrons. The van der Waals surface area contributed by atoms with Gasteiger partial charge in [0.05, 0.1) is 13.2 Å². The zero-order valence-electron chi connectivity index (χ0n) is 13.9. The van der Waals surface area contributed by atoms with Gasteiger partial charge in [0, 0.05) is 0 Å². The molecular formula is C14H29O9P. The standard InChI is InChI=1S/C14H29O9P/c1-2-3-4-5-6-7-8-21-24(19,20)23-14-13(18)12(17)11(16)10(9-15)22-14/h10-18H,2-9H2,1H3,(H,19,20)/t10-,11-,12+,13-,14?/m1/s1. The van der Waals surface area contributed by atoms with Crippen molar-refractivity contribution in [3.8, 4) is 0 Å². The average molecular weight is 372 g/mol. The molecule has 0 aromatic carbocycles. The van der Waals surface area contributed by atoms with E-state index in [-0.39, 0.29) is 6.61 Å². The number of unbranched alkanes of at least 4 members (excludes halogenated alkanes) is 5. The van der Waals surface area contributed by atoms with Crippen LogP contribution < -0.4 is 0 Å². The molecule has 9 nitrogen and oxygen atoms in total. The number of hydrogen-bond acceptors (Lipinski definition) is 8. The van der Waals surface area contributed by atoms with Gasteiger partial charge in [0.2, 0.25) is 0 Å². The summed E-state index contributed by atoms with van der Waals surface area (Å²) in [6.07, 6.45) is -2.05. The van der Waals surface area contributed by atoms with Crippen molar-refractivity contribution >= 4 is 7.82 Å². The highest BCUT2D eigenvalue weighted by Gasteiger charge is 2.46. The number of phosphoric acid groups is 1. The number of hydrogen-bond donors (Lipinski definition) is 5. The lowest BCUT2D eigenvalue weighted by atomic mass is 10.00. The van der Waals surface area contributed by atoms with Gasteiger partial charge in [-0.3, -0.25) is 9.05 Å². The Balaban J connectivity index is 2.38. The summed E-state index contributed by atoms with van der Waals surface area (Å²) >= 11 is 0. The van der Waals surface area contributed by atoms with Gasteiger partial charge < -0.3 is 30.1 Å². The van der Waals surface area contributed by atoms with Gasteiger partial charge >= 0.3 is 7.82 Å². The predicted octanol–water partition coefficient (Wildman–Crippen LogP) is 0.280. The molecule has 0 amide bonds. The van der Waals surface area contributed by atoms with E-state index in [0.717, 1.165) is 32.1 Å². The summed E-state index contributed by atoms with van der Waals surface area (Å²) < 4.78 is 26.4. The van der Waals surface area contributed by atoms with Crippen LogP contribution in [0.25, 0.3) is 0 Å². The molecule has 6 atom stereocenters. The molecule has 0 bridgehead atoms. The van der Waals surface area contributed by atoms with Gasteiger partial charge in [0.25, 0.3) is 0 Å². The lowest BCUT2D eigenvalue weighted by Crippen LogP contribution is -2.58. The van der Waals surface area contributed by atoms with Gasteiger partial charge in [-0.1, -0.05) is 39.0 Å². The fraction of sp³-hybridized carbons (Fsp3) is 1.00. The van der Waals surface area contributed by atoms with Crippen LogP contribution in [0.2, 0.25) is 0 Å². The van der Waals surface area contributed by atoms with Gasteiger partial charge in [-0.2, -0.15) is 0 Å². The zero-order valence-corrected chi connectivity index (χ0v) is 14.8. The largest absolute Gasteiger partial charge is 0.474 e. The van der Waals surface area contributed by atoms with E-state index in [1.165, 1.54) is 0 Å². The summed E-state index contributed by atoms with van der Waals surface area (Å²) in [4.78, 5) is 9.65. The Hall–Kier alpha value is -0.0900. The number of aliphatic hydroxyl groups excluding tert-OH is 4. The fourth-order valence-electron chi connectivity index (χ4n) is 2.38. The topological polar surface area (TPSA) is 146 Å². The first-order valence-electron chi connectivity index (χ1n) is 8.28. The van der Waals surface area contributed by atoms with Gasteiger partial charge in [-0.05, 0) is 6.42 Å². The maximum atomic E-state index is 11.9. The van der Waals surface area contributed by atoms with Crippen molar-refractivity contribution in [1.29, 1.82) is 0 Å². The van der Waals surface area contributed by atoms with Crippen LogP contribution in [0.3, 0.4) is 0 Å². The maximum Gasteiger partial charge on any atom is 0.474 e. The molecule has 144 valence electrons. The van der Waals surface area contributed by atoms with Gasteiger partial charge in [0.15, 0.2) is 6.29 Å². The van der Waals surface area contributed by atoms with Crippen LogP contribution in [-0.2, 0) is 18.3 Å². The summed E-state index contributed by atoms with van der Waals surface area (Å²) in [5, 5.41) is 38.0. The Bertz CT molecular complexity index is 392. The van der Waals surface area contributed by atoms with E-state index in [1.54, 1.807) is 0 Å². The second-order valence-electron chi connectivity index (χ2n) is 5.87. The Labute approximate surface area is 141 Å². The van der Waals surface area contributed by atoms with E-state index >= 15 is 0 Å². The molecule has 0 aromatic heterocycles. The Kier molecular flexibility index (Phi) is 9.88. The van der Waals surface area contributed by atoms with E-state index in [4.69, 9.17) is 18.9 Å². The molecule has 1 heterocycles. The van der Waals surface area contributed by atoms with E-state index in [9.17, 15) is 24.8 Å².